The maximum absolute atomic E-state index is 12.0. The summed E-state index contributed by atoms with van der Waals surface area (Å²) in [5, 5.41) is 17.9. The lowest BCUT2D eigenvalue weighted by Gasteiger charge is -2.06. The second-order valence-electron chi connectivity index (χ2n) is 6.16. The van der Waals surface area contributed by atoms with Crippen LogP contribution < -0.4 is 10.7 Å². The number of hydrogen-bond acceptors (Lipinski definition) is 5. The zero-order valence-electron chi connectivity index (χ0n) is 15.6. The van der Waals surface area contributed by atoms with Crippen LogP contribution in [0.5, 0.6) is 0 Å². The van der Waals surface area contributed by atoms with E-state index in [1.165, 1.54) is 12.3 Å². The largest absolute Gasteiger partial charge is 0.352 e. The molecule has 0 aliphatic heterocycles. The number of nitrogens with one attached hydrogen (secondary N) is 2. The molecule has 2 amide bonds. The Balaban J connectivity index is 1.62. The Labute approximate surface area is 173 Å². The van der Waals surface area contributed by atoms with Gasteiger partial charge < -0.3 is 5.32 Å². The number of amides is 2. The number of hydrazone groups is 1. The zero-order chi connectivity index (χ0) is 21.1. The normalized spacial score (nSPS) is 10.7. The molecule has 2 aromatic rings. The van der Waals surface area contributed by atoms with Gasteiger partial charge in [0.1, 0.15) is 0 Å². The Morgan fingerprint density at radius 1 is 1.07 bits per heavy atom. The molecule has 2 N–H and O–H groups in total. The van der Waals surface area contributed by atoms with Crippen LogP contribution in [0.2, 0.25) is 5.02 Å². The fourth-order valence-electron chi connectivity index (χ4n) is 2.52. The molecule has 0 saturated carbocycles. The van der Waals surface area contributed by atoms with Gasteiger partial charge in [-0.25, -0.2) is 5.43 Å². The van der Waals surface area contributed by atoms with Crippen LogP contribution in [0.3, 0.4) is 0 Å². The van der Waals surface area contributed by atoms with Gasteiger partial charge >= 0.3 is 0 Å². The van der Waals surface area contributed by atoms with Crippen LogP contribution >= 0.6 is 11.6 Å². The molecule has 0 saturated heterocycles. The Morgan fingerprint density at radius 3 is 2.55 bits per heavy atom. The van der Waals surface area contributed by atoms with E-state index in [0.29, 0.717) is 29.1 Å². The third-order valence-electron chi connectivity index (χ3n) is 4.01. The van der Waals surface area contributed by atoms with Crippen molar-refractivity contribution in [1.29, 1.82) is 0 Å². The van der Waals surface area contributed by atoms with Crippen LogP contribution in [-0.4, -0.2) is 29.5 Å². The number of hydrogen-bond donors (Lipinski definition) is 2. The van der Waals surface area contributed by atoms with Crippen molar-refractivity contribution in [3.8, 4) is 0 Å². The minimum atomic E-state index is -0.506. The highest BCUT2D eigenvalue weighted by Gasteiger charge is 2.10. The van der Waals surface area contributed by atoms with Gasteiger partial charge in [-0.05, 0) is 31.0 Å². The van der Waals surface area contributed by atoms with Gasteiger partial charge in [0.2, 0.25) is 5.91 Å². The van der Waals surface area contributed by atoms with Crippen molar-refractivity contribution in [2.45, 2.75) is 25.7 Å². The quantitative estimate of drug-likeness (QED) is 0.266. The van der Waals surface area contributed by atoms with E-state index >= 15 is 0 Å². The van der Waals surface area contributed by atoms with Crippen molar-refractivity contribution >= 4 is 35.3 Å². The average Bonchev–Trinajstić information content (AvgIpc) is 2.71. The molecule has 0 spiro atoms. The summed E-state index contributed by atoms with van der Waals surface area (Å²) >= 11 is 5.97. The first-order chi connectivity index (χ1) is 14.0. The van der Waals surface area contributed by atoms with E-state index in [0.717, 1.165) is 12.8 Å². The van der Waals surface area contributed by atoms with Crippen LogP contribution in [0.25, 0.3) is 0 Å². The monoisotopic (exact) mass is 416 g/mol. The van der Waals surface area contributed by atoms with Crippen LogP contribution in [0.4, 0.5) is 5.69 Å². The highest BCUT2D eigenvalue weighted by atomic mass is 35.5. The molecule has 2 aromatic carbocycles. The molecule has 0 radical (unpaired) electrons. The number of halogens is 1. The highest BCUT2D eigenvalue weighted by molar-refractivity contribution is 6.33. The summed E-state index contributed by atoms with van der Waals surface area (Å²) in [6, 6.07) is 13.0. The molecule has 0 aromatic heterocycles. The topological polar surface area (TPSA) is 114 Å². The van der Waals surface area contributed by atoms with E-state index in [1.807, 2.05) is 0 Å². The first-order valence-electron chi connectivity index (χ1n) is 9.07. The van der Waals surface area contributed by atoms with Crippen molar-refractivity contribution in [3.63, 3.8) is 0 Å². The number of carbonyl (C=O) groups excluding carboxylic acids is 2. The minimum Gasteiger partial charge on any atom is -0.352 e. The molecule has 9 heteroatoms. The number of nitrogens with zero attached hydrogens (tertiary/aromatic N) is 2. The summed E-state index contributed by atoms with van der Waals surface area (Å²) in [5.74, 6) is -0.502. The molecule has 29 heavy (non-hydrogen) atoms. The maximum Gasteiger partial charge on any atom is 0.278 e. The molecule has 0 atom stereocenters. The van der Waals surface area contributed by atoms with Crippen molar-refractivity contribution < 1.29 is 14.5 Å². The third kappa shape index (κ3) is 7.34. The SMILES string of the molecule is O=C(CCCCCNC(=O)c1ccccc1Cl)N/N=C\c1ccccc1[N+](=O)[O-]. The van der Waals surface area contributed by atoms with Crippen LogP contribution in [0.1, 0.15) is 41.6 Å². The van der Waals surface area contributed by atoms with E-state index < -0.39 is 4.92 Å². The standard InChI is InChI=1S/C20H21ClN4O4/c21-17-10-5-4-9-16(17)20(27)22-13-7-1-2-12-19(26)24-23-14-15-8-3-6-11-18(15)25(28)29/h3-6,8-11,14H,1-2,7,12-13H2,(H,22,27)(H,24,26)/b23-14-. The van der Waals surface area contributed by atoms with Crippen molar-refractivity contribution in [1.82, 2.24) is 10.7 Å². The summed E-state index contributed by atoms with van der Waals surface area (Å²) in [7, 11) is 0. The van der Waals surface area contributed by atoms with E-state index in [-0.39, 0.29) is 23.9 Å². The van der Waals surface area contributed by atoms with Crippen molar-refractivity contribution in [3.05, 3.63) is 74.8 Å². The van der Waals surface area contributed by atoms with Crippen molar-refractivity contribution in [2.24, 2.45) is 5.10 Å². The molecular weight excluding hydrogens is 396 g/mol. The number of benzene rings is 2. The van der Waals surface area contributed by atoms with Gasteiger partial charge in [0.15, 0.2) is 0 Å². The molecular formula is C20H21ClN4O4. The molecule has 8 nitrogen and oxygen atoms in total. The Hall–Kier alpha value is -3.26. The second-order valence-corrected chi connectivity index (χ2v) is 6.56. The third-order valence-corrected chi connectivity index (χ3v) is 4.34. The number of rotatable bonds is 10. The predicted octanol–water partition coefficient (Wildman–Crippen LogP) is 3.69. The predicted molar refractivity (Wildman–Crippen MR) is 111 cm³/mol. The van der Waals surface area contributed by atoms with Crippen molar-refractivity contribution in [2.75, 3.05) is 6.54 Å². The summed E-state index contributed by atoms with van der Waals surface area (Å²) in [6.07, 6.45) is 3.63. The van der Waals surface area contributed by atoms with Crippen LogP contribution in [-0.2, 0) is 4.79 Å². The number of unbranched alkanes of at least 4 members (excludes halogenated alkanes) is 2. The van der Waals surface area contributed by atoms with E-state index in [1.54, 1.807) is 42.5 Å². The molecule has 0 fully saturated rings. The van der Waals surface area contributed by atoms with Gasteiger partial charge in [0, 0.05) is 19.0 Å². The van der Waals surface area contributed by atoms with Crippen LogP contribution in [0.15, 0.2) is 53.6 Å². The Morgan fingerprint density at radius 2 is 1.79 bits per heavy atom. The molecule has 0 heterocycles. The number of para-hydroxylation sites is 1. The molecule has 0 bridgehead atoms. The van der Waals surface area contributed by atoms with E-state index in [9.17, 15) is 19.7 Å². The fraction of sp³-hybridized carbons (Fsp3) is 0.250. The molecule has 0 aliphatic carbocycles. The lowest BCUT2D eigenvalue weighted by molar-refractivity contribution is -0.385. The first kappa shape index (κ1) is 22.0. The Kier molecular flexibility index (Phi) is 8.78. The van der Waals surface area contributed by atoms with Gasteiger partial charge in [0.25, 0.3) is 11.6 Å². The molecule has 0 aliphatic rings. The summed E-state index contributed by atoms with van der Waals surface area (Å²) in [6.45, 7) is 0.488. The number of nitro benzene ring substituents is 1. The number of carbonyl (C=O) groups is 2. The molecule has 0 unspecified atom stereocenters. The van der Waals surface area contributed by atoms with Gasteiger partial charge in [0.05, 0.1) is 27.3 Å². The summed E-state index contributed by atoms with van der Waals surface area (Å²) in [5.41, 5.74) is 3.03. The van der Waals surface area contributed by atoms with E-state index in [2.05, 4.69) is 15.8 Å². The highest BCUT2D eigenvalue weighted by Crippen LogP contribution is 2.15. The first-order valence-corrected chi connectivity index (χ1v) is 9.45. The van der Waals surface area contributed by atoms with E-state index in [4.69, 9.17) is 11.6 Å². The molecule has 152 valence electrons. The summed E-state index contributed by atoms with van der Waals surface area (Å²) < 4.78 is 0. The lowest BCUT2D eigenvalue weighted by atomic mass is 10.1. The van der Waals surface area contributed by atoms with Gasteiger partial charge in [-0.1, -0.05) is 42.3 Å². The minimum absolute atomic E-state index is 0.0793. The fourth-order valence-corrected chi connectivity index (χ4v) is 2.74. The molecule has 2 rings (SSSR count). The second kappa shape index (κ2) is 11.6. The van der Waals surface area contributed by atoms with Gasteiger partial charge in [-0.2, -0.15) is 5.10 Å². The number of nitro groups is 1. The smallest absolute Gasteiger partial charge is 0.278 e. The lowest BCUT2D eigenvalue weighted by Crippen LogP contribution is -2.24. The van der Waals surface area contributed by atoms with Gasteiger partial charge in [-0.3, -0.25) is 19.7 Å². The summed E-state index contributed by atoms with van der Waals surface area (Å²) in [4.78, 5) is 34.2. The Bertz CT molecular complexity index is 902. The average molecular weight is 417 g/mol. The maximum atomic E-state index is 12.0. The zero-order valence-corrected chi connectivity index (χ0v) is 16.4. The van der Waals surface area contributed by atoms with Gasteiger partial charge in [-0.15, -0.1) is 0 Å². The van der Waals surface area contributed by atoms with Crippen LogP contribution in [0, 0.1) is 10.1 Å².